The number of hydrogen-bond donors (Lipinski definition) is 0. The standard InChI is InChI=1S/C9H15F2NO/c1-8(2,10)7(13)12-5-4-9(3,11)6-12/h4-6H2,1-3H3. The topological polar surface area (TPSA) is 20.3 Å². The van der Waals surface area contributed by atoms with Gasteiger partial charge in [0.25, 0.3) is 5.91 Å². The summed E-state index contributed by atoms with van der Waals surface area (Å²) in [6.45, 7) is 4.16. The second-order valence-corrected chi connectivity index (χ2v) is 4.36. The van der Waals surface area contributed by atoms with Crippen LogP contribution in [0.5, 0.6) is 0 Å². The number of carbonyl (C=O) groups excluding carboxylic acids is 1. The molecule has 1 saturated heterocycles. The Labute approximate surface area is 76.9 Å². The second kappa shape index (κ2) is 2.93. The summed E-state index contributed by atoms with van der Waals surface area (Å²) in [4.78, 5) is 12.6. The Bertz CT molecular complexity index is 220. The molecule has 4 heteroatoms. The van der Waals surface area contributed by atoms with Crippen LogP contribution in [0.25, 0.3) is 0 Å². The first-order chi connectivity index (χ1) is 5.72. The van der Waals surface area contributed by atoms with Gasteiger partial charge >= 0.3 is 0 Å². The Balaban J connectivity index is 2.62. The Morgan fingerprint density at radius 2 is 2.08 bits per heavy atom. The first-order valence-corrected chi connectivity index (χ1v) is 4.40. The van der Waals surface area contributed by atoms with E-state index in [9.17, 15) is 13.6 Å². The molecule has 1 heterocycles. The van der Waals surface area contributed by atoms with Crippen LogP contribution in [0.15, 0.2) is 0 Å². The molecule has 13 heavy (non-hydrogen) atoms. The van der Waals surface area contributed by atoms with Gasteiger partial charge in [0, 0.05) is 13.0 Å². The monoisotopic (exact) mass is 191 g/mol. The fraction of sp³-hybridized carbons (Fsp3) is 0.889. The van der Waals surface area contributed by atoms with Crippen molar-refractivity contribution in [3.05, 3.63) is 0 Å². The van der Waals surface area contributed by atoms with E-state index in [-0.39, 0.29) is 6.54 Å². The smallest absolute Gasteiger partial charge is 0.259 e. The van der Waals surface area contributed by atoms with Crippen molar-refractivity contribution in [3.8, 4) is 0 Å². The van der Waals surface area contributed by atoms with Crippen LogP contribution in [0.1, 0.15) is 27.2 Å². The number of hydrogen-bond acceptors (Lipinski definition) is 1. The number of likely N-dealkylation sites (tertiary alicyclic amines) is 1. The molecule has 1 fully saturated rings. The predicted molar refractivity (Wildman–Crippen MR) is 45.9 cm³/mol. The van der Waals surface area contributed by atoms with Gasteiger partial charge in [-0.15, -0.1) is 0 Å². The van der Waals surface area contributed by atoms with Crippen molar-refractivity contribution in [1.82, 2.24) is 4.90 Å². The zero-order valence-corrected chi connectivity index (χ0v) is 8.23. The van der Waals surface area contributed by atoms with Crippen molar-refractivity contribution in [2.75, 3.05) is 13.1 Å². The SMILES string of the molecule is CC1(F)CCN(C(=O)C(C)(C)F)C1. The van der Waals surface area contributed by atoms with Gasteiger partial charge in [0.2, 0.25) is 0 Å². The minimum atomic E-state index is -1.89. The normalized spacial score (nSPS) is 29.5. The lowest BCUT2D eigenvalue weighted by atomic mass is 10.1. The molecule has 0 N–H and O–H groups in total. The highest BCUT2D eigenvalue weighted by Gasteiger charge is 2.40. The van der Waals surface area contributed by atoms with Crippen LogP contribution in [0.2, 0.25) is 0 Å². The van der Waals surface area contributed by atoms with E-state index in [1.807, 2.05) is 0 Å². The van der Waals surface area contributed by atoms with Gasteiger partial charge in [0.15, 0.2) is 5.67 Å². The Kier molecular flexibility index (Phi) is 2.34. The summed E-state index contributed by atoms with van der Waals surface area (Å²) in [6.07, 6.45) is 0.300. The van der Waals surface area contributed by atoms with E-state index in [0.29, 0.717) is 13.0 Å². The van der Waals surface area contributed by atoms with Crippen molar-refractivity contribution in [2.45, 2.75) is 38.5 Å². The lowest BCUT2D eigenvalue weighted by molar-refractivity contribution is -0.141. The van der Waals surface area contributed by atoms with E-state index in [2.05, 4.69) is 0 Å². The summed E-state index contributed by atoms with van der Waals surface area (Å²) >= 11 is 0. The summed E-state index contributed by atoms with van der Waals surface area (Å²) in [5.74, 6) is -0.617. The summed E-state index contributed by atoms with van der Waals surface area (Å²) < 4.78 is 26.5. The summed E-state index contributed by atoms with van der Waals surface area (Å²) in [5, 5.41) is 0. The van der Waals surface area contributed by atoms with Crippen LogP contribution < -0.4 is 0 Å². The zero-order valence-electron chi connectivity index (χ0n) is 8.23. The molecular formula is C9H15F2NO. The highest BCUT2D eigenvalue weighted by molar-refractivity contribution is 5.84. The predicted octanol–water partition coefficient (Wildman–Crippen LogP) is 1.70. The minimum Gasteiger partial charge on any atom is -0.337 e. The number of nitrogens with zero attached hydrogens (tertiary/aromatic N) is 1. The molecule has 1 aliphatic heterocycles. The highest BCUT2D eigenvalue weighted by atomic mass is 19.1. The van der Waals surface area contributed by atoms with Crippen molar-refractivity contribution < 1.29 is 13.6 Å². The van der Waals surface area contributed by atoms with E-state index in [1.54, 1.807) is 0 Å². The molecule has 2 nitrogen and oxygen atoms in total. The van der Waals surface area contributed by atoms with Gasteiger partial charge in [-0.3, -0.25) is 4.79 Å². The van der Waals surface area contributed by atoms with Crippen molar-refractivity contribution in [1.29, 1.82) is 0 Å². The highest BCUT2D eigenvalue weighted by Crippen LogP contribution is 2.27. The number of carbonyl (C=O) groups is 1. The minimum absolute atomic E-state index is 0.0131. The molecule has 0 saturated carbocycles. The molecule has 0 aromatic heterocycles. The fourth-order valence-corrected chi connectivity index (χ4v) is 1.47. The molecule has 1 atom stereocenters. The lowest BCUT2D eigenvalue weighted by Gasteiger charge is -2.23. The summed E-state index contributed by atoms with van der Waals surface area (Å²) in [6, 6.07) is 0. The maximum Gasteiger partial charge on any atom is 0.259 e. The quantitative estimate of drug-likeness (QED) is 0.617. The van der Waals surface area contributed by atoms with Gasteiger partial charge in [0.1, 0.15) is 5.67 Å². The lowest BCUT2D eigenvalue weighted by Crippen LogP contribution is -2.42. The van der Waals surface area contributed by atoms with E-state index < -0.39 is 17.2 Å². The van der Waals surface area contributed by atoms with E-state index >= 15 is 0 Å². The Morgan fingerprint density at radius 3 is 2.38 bits per heavy atom. The molecule has 0 bridgehead atoms. The molecule has 0 aromatic rings. The first-order valence-electron chi connectivity index (χ1n) is 4.40. The van der Waals surface area contributed by atoms with Gasteiger partial charge in [0.05, 0.1) is 6.54 Å². The van der Waals surface area contributed by atoms with Gasteiger partial charge in [-0.05, 0) is 20.8 Å². The number of alkyl halides is 2. The number of halogens is 2. The van der Waals surface area contributed by atoms with E-state index in [0.717, 1.165) is 0 Å². The molecule has 1 unspecified atom stereocenters. The third-order valence-corrected chi connectivity index (χ3v) is 2.22. The van der Waals surface area contributed by atoms with Crippen LogP contribution in [0, 0.1) is 0 Å². The molecule has 1 rings (SSSR count). The molecule has 0 aliphatic carbocycles. The maximum absolute atomic E-state index is 13.3. The molecule has 0 aromatic carbocycles. The van der Waals surface area contributed by atoms with Crippen LogP contribution in [0.3, 0.4) is 0 Å². The number of rotatable bonds is 1. The average molecular weight is 191 g/mol. The maximum atomic E-state index is 13.3. The summed E-state index contributed by atoms with van der Waals surface area (Å²) in [5.41, 5.74) is -3.23. The fourth-order valence-electron chi connectivity index (χ4n) is 1.47. The third-order valence-electron chi connectivity index (χ3n) is 2.22. The Morgan fingerprint density at radius 1 is 1.54 bits per heavy atom. The second-order valence-electron chi connectivity index (χ2n) is 4.36. The largest absolute Gasteiger partial charge is 0.337 e. The van der Waals surface area contributed by atoms with E-state index in [1.165, 1.54) is 25.7 Å². The Hall–Kier alpha value is -0.670. The van der Waals surface area contributed by atoms with Gasteiger partial charge in [-0.2, -0.15) is 0 Å². The molecule has 1 aliphatic rings. The van der Waals surface area contributed by atoms with Gasteiger partial charge < -0.3 is 4.90 Å². The molecule has 0 spiro atoms. The average Bonchev–Trinajstić information content (AvgIpc) is 2.26. The van der Waals surface area contributed by atoms with Crippen molar-refractivity contribution >= 4 is 5.91 Å². The third kappa shape index (κ3) is 2.39. The van der Waals surface area contributed by atoms with E-state index in [4.69, 9.17) is 0 Å². The van der Waals surface area contributed by atoms with Crippen molar-refractivity contribution in [2.24, 2.45) is 0 Å². The van der Waals surface area contributed by atoms with Crippen LogP contribution in [-0.2, 0) is 4.79 Å². The number of amides is 1. The van der Waals surface area contributed by atoms with Crippen LogP contribution in [0.4, 0.5) is 8.78 Å². The van der Waals surface area contributed by atoms with Gasteiger partial charge in [-0.1, -0.05) is 0 Å². The molecule has 0 radical (unpaired) electrons. The molecule has 76 valence electrons. The van der Waals surface area contributed by atoms with Crippen LogP contribution in [-0.4, -0.2) is 35.2 Å². The molecule has 1 amide bonds. The summed E-state index contributed by atoms with van der Waals surface area (Å²) in [7, 11) is 0. The van der Waals surface area contributed by atoms with Gasteiger partial charge in [-0.25, -0.2) is 8.78 Å². The van der Waals surface area contributed by atoms with Crippen LogP contribution >= 0.6 is 0 Å². The molecular weight excluding hydrogens is 176 g/mol. The zero-order chi connectivity index (χ0) is 10.3. The van der Waals surface area contributed by atoms with Crippen molar-refractivity contribution in [3.63, 3.8) is 0 Å². The first kappa shape index (κ1) is 10.4.